The minimum atomic E-state index is -0.213. The molecule has 0 spiro atoms. The lowest BCUT2D eigenvalue weighted by Crippen LogP contribution is -2.26. The SMILES string of the molecule is C[C@@H]1CCC/C(=N\NC(=O)CCC(=O)N/N=C2\CCC[C@@H](C)C2)C1. The van der Waals surface area contributed by atoms with E-state index in [0.717, 1.165) is 49.9 Å². The van der Waals surface area contributed by atoms with Crippen molar-refractivity contribution in [2.24, 2.45) is 22.0 Å². The molecule has 24 heavy (non-hydrogen) atoms. The number of hydrazone groups is 2. The van der Waals surface area contributed by atoms with E-state index in [1.807, 2.05) is 0 Å². The fourth-order valence-corrected chi connectivity index (χ4v) is 3.35. The highest BCUT2D eigenvalue weighted by Gasteiger charge is 2.15. The topological polar surface area (TPSA) is 82.9 Å². The molecule has 134 valence electrons. The highest BCUT2D eigenvalue weighted by atomic mass is 16.2. The first-order chi connectivity index (χ1) is 11.5. The Morgan fingerprint density at radius 2 is 1.29 bits per heavy atom. The minimum Gasteiger partial charge on any atom is -0.273 e. The number of hydrogen-bond donors (Lipinski definition) is 2. The Morgan fingerprint density at radius 3 is 1.67 bits per heavy atom. The Balaban J connectivity index is 1.65. The zero-order chi connectivity index (χ0) is 17.4. The second-order valence-corrected chi connectivity index (χ2v) is 7.33. The molecule has 6 heteroatoms. The third kappa shape index (κ3) is 6.81. The average molecular weight is 334 g/mol. The molecule has 0 aromatic heterocycles. The molecule has 2 N–H and O–H groups in total. The smallest absolute Gasteiger partial charge is 0.240 e. The van der Waals surface area contributed by atoms with Crippen LogP contribution >= 0.6 is 0 Å². The summed E-state index contributed by atoms with van der Waals surface area (Å²) in [6, 6.07) is 0. The van der Waals surface area contributed by atoms with Crippen molar-refractivity contribution in [1.82, 2.24) is 10.9 Å². The molecule has 2 aliphatic rings. The lowest BCUT2D eigenvalue weighted by atomic mass is 9.89. The van der Waals surface area contributed by atoms with E-state index in [1.54, 1.807) is 0 Å². The van der Waals surface area contributed by atoms with Crippen molar-refractivity contribution in [2.45, 2.75) is 78.1 Å². The van der Waals surface area contributed by atoms with Gasteiger partial charge in [-0.15, -0.1) is 0 Å². The van der Waals surface area contributed by atoms with Crippen LogP contribution in [0.15, 0.2) is 10.2 Å². The third-order valence-corrected chi connectivity index (χ3v) is 4.75. The second-order valence-electron chi connectivity index (χ2n) is 7.33. The van der Waals surface area contributed by atoms with Gasteiger partial charge >= 0.3 is 0 Å². The lowest BCUT2D eigenvalue weighted by molar-refractivity contribution is -0.126. The van der Waals surface area contributed by atoms with Crippen molar-refractivity contribution in [3.63, 3.8) is 0 Å². The number of carbonyl (C=O) groups is 2. The minimum absolute atomic E-state index is 0.138. The van der Waals surface area contributed by atoms with Crippen LogP contribution in [0, 0.1) is 11.8 Å². The van der Waals surface area contributed by atoms with Gasteiger partial charge in [-0.2, -0.15) is 10.2 Å². The zero-order valence-corrected chi connectivity index (χ0v) is 14.9. The number of nitrogens with zero attached hydrogens (tertiary/aromatic N) is 2. The monoisotopic (exact) mass is 334 g/mol. The highest BCUT2D eigenvalue weighted by Crippen LogP contribution is 2.21. The van der Waals surface area contributed by atoms with E-state index in [9.17, 15) is 9.59 Å². The Bertz CT molecular complexity index is 467. The van der Waals surface area contributed by atoms with Gasteiger partial charge in [0.2, 0.25) is 11.8 Å². The van der Waals surface area contributed by atoms with Gasteiger partial charge in [0.25, 0.3) is 0 Å². The van der Waals surface area contributed by atoms with Crippen LogP contribution in [0.2, 0.25) is 0 Å². The van der Waals surface area contributed by atoms with Crippen LogP contribution in [0.5, 0.6) is 0 Å². The molecule has 0 unspecified atom stereocenters. The van der Waals surface area contributed by atoms with Crippen LogP contribution in [0.25, 0.3) is 0 Å². The molecule has 0 aromatic carbocycles. The van der Waals surface area contributed by atoms with Crippen LogP contribution in [0.3, 0.4) is 0 Å². The van der Waals surface area contributed by atoms with Gasteiger partial charge in [0.15, 0.2) is 0 Å². The molecular weight excluding hydrogens is 304 g/mol. The normalized spacial score (nSPS) is 27.9. The fraction of sp³-hybridized carbons (Fsp3) is 0.778. The number of nitrogens with one attached hydrogen (secondary N) is 2. The molecule has 2 amide bonds. The van der Waals surface area contributed by atoms with Gasteiger partial charge < -0.3 is 0 Å². The maximum Gasteiger partial charge on any atom is 0.240 e. The molecule has 2 atom stereocenters. The van der Waals surface area contributed by atoms with E-state index in [1.165, 1.54) is 12.8 Å². The van der Waals surface area contributed by atoms with E-state index >= 15 is 0 Å². The zero-order valence-electron chi connectivity index (χ0n) is 14.9. The van der Waals surface area contributed by atoms with Crippen molar-refractivity contribution in [1.29, 1.82) is 0 Å². The van der Waals surface area contributed by atoms with E-state index in [2.05, 4.69) is 34.9 Å². The van der Waals surface area contributed by atoms with Gasteiger partial charge in [-0.1, -0.05) is 13.8 Å². The van der Waals surface area contributed by atoms with Gasteiger partial charge in [0, 0.05) is 24.3 Å². The van der Waals surface area contributed by atoms with E-state index in [0.29, 0.717) is 11.8 Å². The fourth-order valence-electron chi connectivity index (χ4n) is 3.35. The van der Waals surface area contributed by atoms with Gasteiger partial charge in [-0.25, -0.2) is 10.9 Å². The van der Waals surface area contributed by atoms with Crippen LogP contribution in [-0.2, 0) is 9.59 Å². The summed E-state index contributed by atoms with van der Waals surface area (Å²) >= 11 is 0. The van der Waals surface area contributed by atoms with Crippen LogP contribution in [-0.4, -0.2) is 23.2 Å². The quantitative estimate of drug-likeness (QED) is 0.757. The number of amides is 2. The second kappa shape index (κ2) is 9.55. The Labute approximate surface area is 144 Å². The predicted octanol–water partition coefficient (Wildman–Crippen LogP) is 3.13. The molecule has 2 saturated carbocycles. The number of hydrogen-bond acceptors (Lipinski definition) is 4. The summed E-state index contributed by atoms with van der Waals surface area (Å²) in [7, 11) is 0. The molecule has 2 aliphatic carbocycles. The number of rotatable bonds is 5. The number of carbonyl (C=O) groups excluding carboxylic acids is 2. The van der Waals surface area contributed by atoms with Gasteiger partial charge in [0.1, 0.15) is 0 Å². The molecule has 0 saturated heterocycles. The van der Waals surface area contributed by atoms with Crippen LogP contribution in [0.4, 0.5) is 0 Å². The molecule has 0 aromatic rings. The molecule has 0 aliphatic heterocycles. The van der Waals surface area contributed by atoms with Crippen molar-refractivity contribution in [2.75, 3.05) is 0 Å². The molecule has 6 nitrogen and oxygen atoms in total. The molecule has 2 rings (SSSR count). The maximum atomic E-state index is 11.8. The summed E-state index contributed by atoms with van der Waals surface area (Å²) in [5, 5.41) is 8.39. The van der Waals surface area contributed by atoms with Gasteiger partial charge in [0.05, 0.1) is 0 Å². The first kappa shape index (κ1) is 18.6. The van der Waals surface area contributed by atoms with E-state index in [4.69, 9.17) is 0 Å². The maximum absolute atomic E-state index is 11.8. The van der Waals surface area contributed by atoms with Gasteiger partial charge in [-0.05, 0) is 63.2 Å². The van der Waals surface area contributed by atoms with Crippen molar-refractivity contribution in [3.8, 4) is 0 Å². The highest BCUT2D eigenvalue weighted by molar-refractivity contribution is 5.89. The summed E-state index contributed by atoms with van der Waals surface area (Å²) in [5.74, 6) is 0.855. The summed E-state index contributed by atoms with van der Waals surface area (Å²) in [6.45, 7) is 4.41. The largest absolute Gasteiger partial charge is 0.273 e. The first-order valence-electron chi connectivity index (χ1n) is 9.21. The standard InChI is InChI=1S/C18H30N4O2/c1-13-5-3-7-15(11-13)19-21-17(23)9-10-18(24)22-20-16-8-4-6-14(2)12-16/h13-14H,3-12H2,1-2H3,(H,21,23)(H,22,24)/b19-15+,20-16+/t13-,14-/m1/s1. The molecule has 0 radical (unpaired) electrons. The van der Waals surface area contributed by atoms with Crippen LogP contribution < -0.4 is 10.9 Å². The average Bonchev–Trinajstić information content (AvgIpc) is 2.56. The summed E-state index contributed by atoms with van der Waals surface area (Å²) < 4.78 is 0. The third-order valence-electron chi connectivity index (χ3n) is 4.75. The predicted molar refractivity (Wildman–Crippen MR) is 95.7 cm³/mol. The lowest BCUT2D eigenvalue weighted by Gasteiger charge is -2.19. The molecule has 0 bridgehead atoms. The molecule has 0 heterocycles. The van der Waals surface area contributed by atoms with Gasteiger partial charge in [-0.3, -0.25) is 9.59 Å². The van der Waals surface area contributed by atoms with Crippen molar-refractivity contribution in [3.05, 3.63) is 0 Å². The Kier molecular flexibility index (Phi) is 7.40. The van der Waals surface area contributed by atoms with E-state index < -0.39 is 0 Å². The summed E-state index contributed by atoms with van der Waals surface area (Å²) in [4.78, 5) is 23.6. The van der Waals surface area contributed by atoms with Crippen LogP contribution in [0.1, 0.15) is 78.1 Å². The Hall–Kier alpha value is -1.72. The van der Waals surface area contributed by atoms with Crippen molar-refractivity contribution < 1.29 is 9.59 Å². The molecule has 2 fully saturated rings. The van der Waals surface area contributed by atoms with E-state index in [-0.39, 0.29) is 24.7 Å². The van der Waals surface area contributed by atoms with Crippen molar-refractivity contribution >= 4 is 23.2 Å². The summed E-state index contributed by atoms with van der Waals surface area (Å²) in [6.07, 6.45) is 8.84. The Morgan fingerprint density at radius 1 is 0.875 bits per heavy atom. The molecular formula is C18H30N4O2. The first-order valence-corrected chi connectivity index (χ1v) is 9.21. The summed E-state index contributed by atoms with van der Waals surface area (Å²) in [5.41, 5.74) is 7.26.